The molecule has 3 aliphatic heterocycles. The molecule has 0 saturated carbocycles. The minimum Gasteiger partial charge on any atom is -0.463 e. The predicted molar refractivity (Wildman–Crippen MR) is 299 cm³/mol. The molecule has 0 N–H and O–H groups in total. The van der Waals surface area contributed by atoms with Gasteiger partial charge in [-0.05, 0) is 16.7 Å². The molecule has 27 nitrogen and oxygen atoms in total. The quantitative estimate of drug-likeness (QED) is 0.0661. The molecule has 1 aromatic rings. The lowest BCUT2D eigenvalue weighted by Crippen LogP contribution is -2.61. The van der Waals surface area contributed by atoms with Gasteiger partial charge >= 0.3 is 71.6 Å². The smallest absolute Gasteiger partial charge is 0.303 e. The molecule has 4 rings (SSSR count). The van der Waals surface area contributed by atoms with Crippen LogP contribution in [-0.4, -0.2) is 181 Å². The van der Waals surface area contributed by atoms with E-state index in [1.807, 2.05) is 18.2 Å². The van der Waals surface area contributed by atoms with Gasteiger partial charge in [0.1, 0.15) is 38.1 Å². The maximum atomic E-state index is 12.6. The van der Waals surface area contributed by atoms with Crippen LogP contribution in [0.15, 0.2) is 18.2 Å². The van der Waals surface area contributed by atoms with Crippen molar-refractivity contribution in [2.45, 2.75) is 190 Å². The SMILES string of the molecule is CC(=O)OCC1OC(SSCc2cc(CSSC3OC(COC(C)=O)C(OC(C)=O)C(OC(C)=O)C3OC(C)=O)cc(CSSC3OC(COC(C)=O)C(OC(C)=O)C(OC(C)=O)C3OC(C)=O)c2)C(OC(C)=O)C(OC(C)=O)C1OC(C)=O. The Labute approximate surface area is 506 Å². The Balaban J connectivity index is 1.74. The summed E-state index contributed by atoms with van der Waals surface area (Å²) in [5.74, 6) is -8.63. The average molecular weight is 1300 g/mol. The van der Waals surface area contributed by atoms with E-state index in [1.165, 1.54) is 32.4 Å². The van der Waals surface area contributed by atoms with E-state index in [0.29, 0.717) is 16.7 Å². The van der Waals surface area contributed by atoms with E-state index in [1.54, 1.807) is 0 Å². The van der Waals surface area contributed by atoms with Gasteiger partial charge in [0.25, 0.3) is 0 Å². The molecule has 15 unspecified atom stereocenters. The molecular formula is C51H66O27S6. The third-order valence-electron chi connectivity index (χ3n) is 11.1. The fraction of sp³-hybridized carbons (Fsp3) is 0.647. The Hall–Kier alpha value is -5.16. The summed E-state index contributed by atoms with van der Waals surface area (Å²) in [5.41, 5.74) is -1.29. The van der Waals surface area contributed by atoms with Crippen molar-refractivity contribution in [3.8, 4) is 0 Å². The molecule has 15 atom stereocenters. The topological polar surface area (TPSA) is 343 Å². The Kier molecular flexibility index (Phi) is 29.6. The molecule has 0 amide bonds. The number of esters is 12. The lowest BCUT2D eigenvalue weighted by atomic mass is 9.99. The molecule has 0 aromatic heterocycles. The van der Waals surface area contributed by atoms with Crippen molar-refractivity contribution in [1.82, 2.24) is 0 Å². The molecule has 33 heteroatoms. The van der Waals surface area contributed by atoms with Gasteiger partial charge in [0, 0.05) is 100 Å². The van der Waals surface area contributed by atoms with Crippen LogP contribution < -0.4 is 0 Å². The van der Waals surface area contributed by atoms with E-state index in [4.69, 9.17) is 71.1 Å². The molecule has 0 spiro atoms. The highest BCUT2D eigenvalue weighted by Gasteiger charge is 2.55. The summed E-state index contributed by atoms with van der Waals surface area (Å²) in [7, 11) is 6.86. The zero-order valence-corrected chi connectivity index (χ0v) is 52.5. The normalized spacial score (nSPS) is 27.2. The monoisotopic (exact) mass is 1300 g/mol. The number of hydrogen-bond acceptors (Lipinski definition) is 33. The van der Waals surface area contributed by atoms with E-state index in [0.717, 1.165) is 115 Å². The Morgan fingerprint density at radius 1 is 0.298 bits per heavy atom. The van der Waals surface area contributed by atoms with E-state index < -0.39 is 181 Å². The number of carbonyl (C=O) groups excluding carboxylic acids is 12. The third kappa shape index (κ3) is 24.0. The van der Waals surface area contributed by atoms with Crippen LogP contribution in [-0.2, 0) is 146 Å². The Bertz CT molecular complexity index is 2260. The molecule has 3 heterocycles. The number of hydrogen-bond donors (Lipinski definition) is 0. The summed E-state index contributed by atoms with van der Waals surface area (Å²) in [5, 5.41) is 0. The van der Waals surface area contributed by atoms with Crippen LogP contribution in [0.2, 0.25) is 0 Å². The van der Waals surface area contributed by atoms with E-state index in [-0.39, 0.29) is 17.3 Å². The van der Waals surface area contributed by atoms with Crippen molar-refractivity contribution in [2.75, 3.05) is 19.8 Å². The summed E-state index contributed by atoms with van der Waals surface area (Å²) in [6, 6.07) is 5.59. The van der Waals surface area contributed by atoms with Crippen molar-refractivity contribution in [2.24, 2.45) is 0 Å². The second-order valence-corrected chi connectivity index (χ2v) is 25.8. The molecule has 468 valence electrons. The fourth-order valence-corrected chi connectivity index (χ4v) is 15.9. The summed E-state index contributed by atoms with van der Waals surface area (Å²) in [6.45, 7) is 12.1. The lowest BCUT2D eigenvalue weighted by molar-refractivity contribution is -0.237. The first-order valence-electron chi connectivity index (χ1n) is 25.4. The summed E-state index contributed by atoms with van der Waals surface area (Å²) in [4.78, 5) is 148. The average Bonchev–Trinajstić information content (AvgIpc) is 1.40. The highest BCUT2D eigenvalue weighted by Crippen LogP contribution is 2.45. The van der Waals surface area contributed by atoms with Gasteiger partial charge in [-0.3, -0.25) is 57.5 Å². The van der Waals surface area contributed by atoms with Crippen LogP contribution in [0.25, 0.3) is 0 Å². The van der Waals surface area contributed by atoms with Gasteiger partial charge in [-0.2, -0.15) is 0 Å². The largest absolute Gasteiger partial charge is 0.463 e. The zero-order chi connectivity index (χ0) is 62.5. The molecular weight excluding hydrogens is 1240 g/mol. The summed E-state index contributed by atoms with van der Waals surface area (Å²) < 4.78 is 84.8. The summed E-state index contributed by atoms with van der Waals surface area (Å²) >= 11 is 0. The van der Waals surface area contributed by atoms with Gasteiger partial charge in [0.15, 0.2) is 71.2 Å². The number of rotatable bonds is 27. The van der Waals surface area contributed by atoms with Crippen LogP contribution >= 0.6 is 64.8 Å². The van der Waals surface area contributed by atoms with Gasteiger partial charge in [-0.15, -0.1) is 0 Å². The van der Waals surface area contributed by atoms with Crippen molar-refractivity contribution in [3.63, 3.8) is 0 Å². The van der Waals surface area contributed by atoms with Crippen LogP contribution in [0.5, 0.6) is 0 Å². The minimum atomic E-state index is -1.41. The molecule has 84 heavy (non-hydrogen) atoms. The molecule has 0 aliphatic carbocycles. The van der Waals surface area contributed by atoms with Crippen molar-refractivity contribution < 1.29 is 129 Å². The second kappa shape index (κ2) is 34.8. The number of carbonyl (C=O) groups is 12. The first kappa shape index (κ1) is 71.3. The van der Waals surface area contributed by atoms with Crippen LogP contribution in [0.3, 0.4) is 0 Å². The third-order valence-corrected chi connectivity index (χ3v) is 18.6. The van der Waals surface area contributed by atoms with Crippen molar-refractivity contribution in [1.29, 1.82) is 0 Å². The molecule has 0 bridgehead atoms. The number of ether oxygens (including phenoxy) is 15. The predicted octanol–water partition coefficient (Wildman–Crippen LogP) is 4.58. The van der Waals surface area contributed by atoms with E-state index in [9.17, 15) is 57.5 Å². The van der Waals surface area contributed by atoms with Crippen molar-refractivity contribution >= 4 is 136 Å². The Morgan fingerprint density at radius 2 is 0.488 bits per heavy atom. The molecule has 3 aliphatic rings. The van der Waals surface area contributed by atoms with Gasteiger partial charge in [0.2, 0.25) is 0 Å². The molecule has 1 aromatic carbocycles. The summed E-state index contributed by atoms with van der Waals surface area (Å²) in [6.07, 6.45) is -16.0. The van der Waals surface area contributed by atoms with E-state index in [2.05, 4.69) is 0 Å². The van der Waals surface area contributed by atoms with Gasteiger partial charge in [-0.1, -0.05) is 83.0 Å². The Morgan fingerprint density at radius 3 is 0.679 bits per heavy atom. The lowest BCUT2D eigenvalue weighted by Gasteiger charge is -2.44. The van der Waals surface area contributed by atoms with Crippen LogP contribution in [0.1, 0.15) is 99.8 Å². The highest BCUT2D eigenvalue weighted by atomic mass is 33.1. The molecule has 3 fully saturated rings. The van der Waals surface area contributed by atoms with Crippen LogP contribution in [0.4, 0.5) is 0 Å². The van der Waals surface area contributed by atoms with Crippen molar-refractivity contribution in [3.05, 3.63) is 34.9 Å². The maximum Gasteiger partial charge on any atom is 0.303 e. The zero-order valence-electron chi connectivity index (χ0n) is 47.6. The first-order valence-corrected chi connectivity index (χ1v) is 32.5. The maximum absolute atomic E-state index is 12.6. The minimum absolute atomic E-state index is 0.202. The fourth-order valence-electron chi connectivity index (χ4n) is 8.40. The van der Waals surface area contributed by atoms with Gasteiger partial charge in [-0.25, -0.2) is 0 Å². The standard InChI is InChI=1S/C51H66O27S6/c1-22(52)64-16-37-40(67-25(4)55)43(70-28(7)58)46(73-31(10)61)49(76-37)82-79-19-34-13-35(20-80-83-50-47(74-32(11)62)44(71-29(8)59)41(68-26(5)56)38(77-50)17-65-23(2)53)15-36(14-34)21-81-84-51-48(75-33(12)63)45(72-30(9)60)42(69-27(6)57)39(78-51)18-66-24(3)54/h13-15,37-51H,16-21H2,1-12H3. The van der Waals surface area contributed by atoms with E-state index >= 15 is 0 Å². The van der Waals surface area contributed by atoms with Crippen LogP contribution in [0, 0.1) is 0 Å². The second-order valence-electron chi connectivity index (χ2n) is 18.4. The molecule has 0 radical (unpaired) electrons. The van der Waals surface area contributed by atoms with Gasteiger partial charge < -0.3 is 71.1 Å². The van der Waals surface area contributed by atoms with Gasteiger partial charge in [0.05, 0.1) is 0 Å². The molecule has 3 saturated heterocycles. The first-order chi connectivity index (χ1) is 39.5. The number of benzene rings is 1. The highest BCUT2D eigenvalue weighted by molar-refractivity contribution is 8.77.